The Morgan fingerprint density at radius 2 is 2.05 bits per heavy atom. The summed E-state index contributed by atoms with van der Waals surface area (Å²) in [6.07, 6.45) is 6.47. The molecule has 1 aromatic carbocycles. The van der Waals surface area contributed by atoms with E-state index in [1.165, 1.54) is 0 Å². The number of aromatic nitrogens is 2. The van der Waals surface area contributed by atoms with Crippen LogP contribution >= 0.6 is 0 Å². The number of nitrogens with one attached hydrogen (secondary N) is 1. The topological polar surface area (TPSA) is 46.9 Å². The van der Waals surface area contributed by atoms with E-state index in [0.29, 0.717) is 11.5 Å². The molecule has 2 aromatic rings. The van der Waals surface area contributed by atoms with Crippen molar-refractivity contribution in [1.29, 1.82) is 0 Å². The van der Waals surface area contributed by atoms with Gasteiger partial charge in [-0.3, -0.25) is 4.79 Å². The van der Waals surface area contributed by atoms with Crippen LogP contribution in [0.1, 0.15) is 36.2 Å². The first kappa shape index (κ1) is 14.3. The number of hydrogen-bond acceptors (Lipinski definition) is 2. The monoisotopic (exact) mass is 271 g/mol. The van der Waals surface area contributed by atoms with E-state index in [0.717, 1.165) is 25.1 Å². The molecule has 0 atom stereocenters. The molecule has 4 nitrogen and oxygen atoms in total. The fourth-order valence-corrected chi connectivity index (χ4v) is 1.93. The normalized spacial score (nSPS) is 10.8. The van der Waals surface area contributed by atoms with Crippen molar-refractivity contribution in [3.8, 4) is 0 Å². The van der Waals surface area contributed by atoms with Gasteiger partial charge in [0.1, 0.15) is 0 Å². The lowest BCUT2D eigenvalue weighted by Crippen LogP contribution is -2.25. The number of carbonyl (C=O) groups excluding carboxylic acids is 1. The highest BCUT2D eigenvalue weighted by Gasteiger charge is 2.05. The smallest absolute Gasteiger partial charge is 0.251 e. The van der Waals surface area contributed by atoms with Gasteiger partial charge in [-0.25, -0.2) is 4.98 Å². The van der Waals surface area contributed by atoms with Crippen LogP contribution in [0.4, 0.5) is 0 Å². The Bertz CT molecular complexity index is 529. The summed E-state index contributed by atoms with van der Waals surface area (Å²) in [4.78, 5) is 15.9. The number of benzene rings is 1. The third-order valence-corrected chi connectivity index (χ3v) is 3.15. The fraction of sp³-hybridized carbons (Fsp3) is 0.375. The zero-order valence-electron chi connectivity index (χ0n) is 12.0. The summed E-state index contributed by atoms with van der Waals surface area (Å²) < 4.78 is 2.00. The van der Waals surface area contributed by atoms with Gasteiger partial charge in [-0.15, -0.1) is 0 Å². The molecular formula is C16H21N3O. The predicted octanol–water partition coefficient (Wildman–Crippen LogP) is 2.71. The van der Waals surface area contributed by atoms with E-state index in [4.69, 9.17) is 0 Å². The van der Waals surface area contributed by atoms with Crippen molar-refractivity contribution < 1.29 is 4.79 Å². The third-order valence-electron chi connectivity index (χ3n) is 3.15. The molecule has 1 heterocycles. The van der Waals surface area contributed by atoms with Gasteiger partial charge >= 0.3 is 0 Å². The highest BCUT2D eigenvalue weighted by molar-refractivity contribution is 5.94. The molecule has 0 fully saturated rings. The van der Waals surface area contributed by atoms with Crippen molar-refractivity contribution in [2.45, 2.75) is 26.8 Å². The van der Waals surface area contributed by atoms with E-state index in [2.05, 4.69) is 24.1 Å². The Morgan fingerprint density at radius 3 is 2.65 bits per heavy atom. The molecule has 1 N–H and O–H groups in total. The van der Waals surface area contributed by atoms with Gasteiger partial charge in [0.2, 0.25) is 0 Å². The van der Waals surface area contributed by atoms with Crippen molar-refractivity contribution >= 4 is 5.91 Å². The minimum atomic E-state index is -0.000157. The highest BCUT2D eigenvalue weighted by Crippen LogP contribution is 2.07. The van der Waals surface area contributed by atoms with Crippen molar-refractivity contribution in [3.63, 3.8) is 0 Å². The molecule has 0 aliphatic heterocycles. The Kier molecular flexibility index (Phi) is 4.93. The largest absolute Gasteiger partial charge is 0.352 e. The van der Waals surface area contributed by atoms with Crippen molar-refractivity contribution in [1.82, 2.24) is 14.9 Å². The molecule has 0 radical (unpaired) electrons. The molecule has 1 aromatic heterocycles. The molecule has 2 rings (SSSR count). The summed E-state index contributed by atoms with van der Waals surface area (Å²) in [5, 5.41) is 2.94. The Morgan fingerprint density at radius 1 is 1.30 bits per heavy atom. The first-order chi connectivity index (χ1) is 9.65. The lowest BCUT2D eigenvalue weighted by Gasteiger charge is -2.08. The zero-order valence-corrected chi connectivity index (χ0v) is 12.0. The van der Waals surface area contributed by atoms with Gasteiger partial charge in [-0.2, -0.15) is 0 Å². The van der Waals surface area contributed by atoms with Crippen molar-refractivity contribution in [3.05, 3.63) is 54.1 Å². The second kappa shape index (κ2) is 6.89. The maximum atomic E-state index is 11.9. The first-order valence-electron chi connectivity index (χ1n) is 6.98. The number of nitrogens with zero attached hydrogens (tertiary/aromatic N) is 2. The van der Waals surface area contributed by atoms with E-state index in [9.17, 15) is 4.79 Å². The summed E-state index contributed by atoms with van der Waals surface area (Å²) in [5.41, 5.74) is 1.87. The van der Waals surface area contributed by atoms with E-state index >= 15 is 0 Å². The number of carbonyl (C=O) groups is 1. The molecule has 0 saturated carbocycles. The molecular weight excluding hydrogens is 250 g/mol. The average molecular weight is 271 g/mol. The number of amides is 1. The van der Waals surface area contributed by atoms with E-state index in [1.54, 1.807) is 12.5 Å². The van der Waals surface area contributed by atoms with Crippen LogP contribution in [0.25, 0.3) is 0 Å². The van der Waals surface area contributed by atoms with Crippen molar-refractivity contribution in [2.75, 3.05) is 6.54 Å². The van der Waals surface area contributed by atoms with Gasteiger partial charge in [-0.05, 0) is 30.0 Å². The molecule has 1 amide bonds. The second-order valence-corrected chi connectivity index (χ2v) is 5.37. The molecule has 106 valence electrons. The predicted molar refractivity (Wildman–Crippen MR) is 79.6 cm³/mol. The van der Waals surface area contributed by atoms with Crippen LogP contribution in [0.5, 0.6) is 0 Å². The molecule has 0 unspecified atom stereocenters. The number of rotatable bonds is 6. The second-order valence-electron chi connectivity index (χ2n) is 5.37. The first-order valence-corrected chi connectivity index (χ1v) is 6.98. The van der Waals surface area contributed by atoms with Gasteiger partial charge in [-0.1, -0.05) is 26.0 Å². The lowest BCUT2D eigenvalue weighted by atomic mass is 10.1. The zero-order chi connectivity index (χ0) is 14.4. The Balaban J connectivity index is 1.89. The molecule has 0 saturated heterocycles. The number of hydrogen-bond donors (Lipinski definition) is 1. The fourth-order valence-electron chi connectivity index (χ4n) is 1.93. The quantitative estimate of drug-likeness (QED) is 0.878. The molecule has 0 aliphatic rings. The van der Waals surface area contributed by atoms with Crippen LogP contribution in [0.3, 0.4) is 0 Å². The van der Waals surface area contributed by atoms with E-state index < -0.39 is 0 Å². The highest BCUT2D eigenvalue weighted by atomic mass is 16.1. The summed E-state index contributed by atoms with van der Waals surface area (Å²) >= 11 is 0. The van der Waals surface area contributed by atoms with Crippen LogP contribution in [-0.4, -0.2) is 22.0 Å². The maximum absolute atomic E-state index is 11.9. The van der Waals surface area contributed by atoms with Crippen LogP contribution in [0, 0.1) is 5.92 Å². The van der Waals surface area contributed by atoms with Crippen LogP contribution in [0.15, 0.2) is 43.0 Å². The van der Waals surface area contributed by atoms with Gasteiger partial charge in [0.25, 0.3) is 5.91 Å². The van der Waals surface area contributed by atoms with Gasteiger partial charge in [0.15, 0.2) is 0 Å². The minimum absolute atomic E-state index is 0.000157. The average Bonchev–Trinajstić information content (AvgIpc) is 2.92. The van der Waals surface area contributed by atoms with Crippen LogP contribution in [-0.2, 0) is 6.54 Å². The molecule has 20 heavy (non-hydrogen) atoms. The van der Waals surface area contributed by atoms with Crippen LogP contribution in [0.2, 0.25) is 0 Å². The molecule has 0 bridgehead atoms. The minimum Gasteiger partial charge on any atom is -0.352 e. The van der Waals surface area contributed by atoms with Crippen molar-refractivity contribution in [2.24, 2.45) is 5.92 Å². The molecule has 0 aliphatic carbocycles. The summed E-state index contributed by atoms with van der Waals surface area (Å²) in [6.45, 7) is 5.80. The van der Waals surface area contributed by atoms with Gasteiger partial charge < -0.3 is 9.88 Å². The Labute approximate surface area is 119 Å². The van der Waals surface area contributed by atoms with Gasteiger partial charge in [0, 0.05) is 31.0 Å². The third kappa shape index (κ3) is 4.23. The molecule has 4 heteroatoms. The van der Waals surface area contributed by atoms with Crippen LogP contribution < -0.4 is 5.32 Å². The van der Waals surface area contributed by atoms with E-state index in [1.807, 2.05) is 35.0 Å². The maximum Gasteiger partial charge on any atom is 0.251 e. The summed E-state index contributed by atoms with van der Waals surface area (Å²) in [5.74, 6) is 0.604. The summed E-state index contributed by atoms with van der Waals surface area (Å²) in [7, 11) is 0. The SMILES string of the molecule is CC(C)CCNC(=O)c1ccc(Cn2ccnc2)cc1. The summed E-state index contributed by atoms with van der Waals surface area (Å²) in [6, 6.07) is 7.71. The van der Waals surface area contributed by atoms with Gasteiger partial charge in [0.05, 0.1) is 6.33 Å². The Hall–Kier alpha value is -2.10. The molecule has 0 spiro atoms. The number of imidazole rings is 1. The van der Waals surface area contributed by atoms with E-state index in [-0.39, 0.29) is 5.91 Å². The standard InChI is InChI=1S/C16H21N3O/c1-13(2)7-8-18-16(20)15-5-3-14(4-6-15)11-19-10-9-17-12-19/h3-6,9-10,12-13H,7-8,11H2,1-2H3,(H,18,20). The lowest BCUT2D eigenvalue weighted by molar-refractivity contribution is 0.0952.